The van der Waals surface area contributed by atoms with Gasteiger partial charge in [-0.3, -0.25) is 9.59 Å². The molecule has 0 spiro atoms. The minimum Gasteiger partial charge on any atom is -0.463 e. The van der Waals surface area contributed by atoms with Crippen LogP contribution >= 0.6 is 0 Å². The van der Waals surface area contributed by atoms with Crippen molar-refractivity contribution in [2.24, 2.45) is 29.1 Å². The molecule has 5 aliphatic rings. The summed E-state index contributed by atoms with van der Waals surface area (Å²) in [7, 11) is 2.01. The van der Waals surface area contributed by atoms with Crippen LogP contribution in [-0.4, -0.2) is 231 Å². The third-order valence-electron chi connectivity index (χ3n) is 17.6. The Labute approximate surface area is 474 Å². The number of aliphatic hydroxyl groups is 11. The van der Waals surface area contributed by atoms with Crippen LogP contribution in [0.4, 0.5) is 0 Å². The number of ether oxygens (including phenoxy) is 6. The van der Waals surface area contributed by atoms with Crippen molar-refractivity contribution in [3.8, 4) is 0 Å². The molecule has 0 bridgehead atoms. The zero-order valence-corrected chi connectivity index (χ0v) is 48.3. The predicted octanol–water partition coefficient (Wildman–Crippen LogP) is 1.70. The molecule has 2 aliphatic heterocycles. The van der Waals surface area contributed by atoms with Gasteiger partial charge < -0.3 is 94.8 Å². The first-order valence-electron chi connectivity index (χ1n) is 29.8. The molecule has 5 rings (SSSR count). The number of esters is 1. The number of carbonyl (C=O) groups is 2. The van der Waals surface area contributed by atoms with E-state index in [1.807, 2.05) is 7.05 Å². The summed E-state index contributed by atoms with van der Waals surface area (Å²) in [6, 6.07) is 0. The van der Waals surface area contributed by atoms with Crippen LogP contribution in [0, 0.1) is 29.1 Å². The van der Waals surface area contributed by atoms with Gasteiger partial charge in [-0.15, -0.1) is 0 Å². The summed E-state index contributed by atoms with van der Waals surface area (Å²) in [5.74, 6) is 2.06. The van der Waals surface area contributed by atoms with Gasteiger partial charge in [0.2, 0.25) is 0 Å². The highest BCUT2D eigenvalue weighted by Crippen LogP contribution is 2.60. The van der Waals surface area contributed by atoms with Crippen LogP contribution in [-0.2, 0) is 38.0 Å². The third kappa shape index (κ3) is 19.9. The fraction of sp³-hybridized carbons (Fsp3) is 0.864. The number of nitrogens with one attached hydrogen (secondary N) is 1. The second kappa shape index (κ2) is 34.0. The van der Waals surface area contributed by atoms with Crippen molar-refractivity contribution in [1.82, 2.24) is 10.2 Å². The van der Waals surface area contributed by atoms with E-state index in [4.69, 9.17) is 28.4 Å². The van der Waals surface area contributed by atoms with Crippen molar-refractivity contribution in [3.05, 3.63) is 35.5 Å². The van der Waals surface area contributed by atoms with Crippen LogP contribution < -0.4 is 5.32 Å². The van der Waals surface area contributed by atoms with Crippen LogP contribution in [0.25, 0.3) is 0 Å². The maximum Gasteiger partial charge on any atom is 0.305 e. The lowest BCUT2D eigenvalue weighted by atomic mass is 9.60. The number of aliphatic hydroxyl groups excluding tert-OH is 11. The highest BCUT2D eigenvalue weighted by Gasteiger charge is 2.51. The Morgan fingerprint density at radius 2 is 1.44 bits per heavy atom. The van der Waals surface area contributed by atoms with Crippen LogP contribution in [0.3, 0.4) is 0 Å². The highest BCUT2D eigenvalue weighted by atomic mass is 16.7. The first-order valence-corrected chi connectivity index (χ1v) is 29.8. The summed E-state index contributed by atoms with van der Waals surface area (Å²) < 4.78 is 33.1. The Kier molecular flexibility index (Phi) is 29.0. The van der Waals surface area contributed by atoms with Gasteiger partial charge in [-0.25, -0.2) is 0 Å². The Balaban J connectivity index is 0.871. The van der Waals surface area contributed by atoms with E-state index in [1.165, 1.54) is 62.5 Å². The maximum absolute atomic E-state index is 12.7. The molecule has 3 saturated carbocycles. The number of fused-ring (bicyclic) bond motifs is 1. The molecule has 19 atom stereocenters. The van der Waals surface area contributed by atoms with E-state index < -0.39 is 111 Å². The molecule has 0 aromatic carbocycles. The topological polar surface area (TPSA) is 327 Å². The van der Waals surface area contributed by atoms with Crippen molar-refractivity contribution in [2.75, 3.05) is 66.3 Å². The molecule has 21 heteroatoms. The van der Waals surface area contributed by atoms with Crippen molar-refractivity contribution in [1.29, 1.82) is 0 Å². The van der Waals surface area contributed by atoms with Gasteiger partial charge >= 0.3 is 5.97 Å². The molecule has 21 nitrogen and oxygen atoms in total. The van der Waals surface area contributed by atoms with Crippen molar-refractivity contribution < 1.29 is 94.2 Å². The first-order chi connectivity index (χ1) is 38.1. The van der Waals surface area contributed by atoms with E-state index in [9.17, 15) is 65.8 Å². The largest absolute Gasteiger partial charge is 0.463 e. The zero-order valence-electron chi connectivity index (χ0n) is 48.3. The molecule has 0 amide bonds. The number of hydrogen-bond donors (Lipinski definition) is 12. The minimum atomic E-state index is -2.12. The Morgan fingerprint density at radius 3 is 2.15 bits per heavy atom. The summed E-state index contributed by atoms with van der Waals surface area (Å²) in [6.45, 7) is 15.3. The summed E-state index contributed by atoms with van der Waals surface area (Å²) >= 11 is 0. The van der Waals surface area contributed by atoms with Gasteiger partial charge in [-0.05, 0) is 145 Å². The lowest BCUT2D eigenvalue weighted by Gasteiger charge is -2.44. The Hall–Kier alpha value is -2.36. The molecular weight excluding hydrogens is 1040 g/mol. The summed E-state index contributed by atoms with van der Waals surface area (Å²) in [5, 5.41) is 116. The zero-order chi connectivity index (χ0) is 58.7. The van der Waals surface area contributed by atoms with Gasteiger partial charge in [0.1, 0.15) is 79.9 Å². The Bertz CT molecular complexity index is 1920. The van der Waals surface area contributed by atoms with Crippen LogP contribution in [0.5, 0.6) is 0 Å². The fourth-order valence-electron chi connectivity index (χ4n) is 12.6. The van der Waals surface area contributed by atoms with Crippen LogP contribution in [0.1, 0.15) is 137 Å². The minimum absolute atomic E-state index is 0.0863. The maximum atomic E-state index is 12.7. The van der Waals surface area contributed by atoms with E-state index in [1.54, 1.807) is 5.57 Å². The van der Waals surface area contributed by atoms with Gasteiger partial charge in [-0.2, -0.15) is 0 Å². The van der Waals surface area contributed by atoms with E-state index in [0.29, 0.717) is 50.3 Å². The average Bonchev–Trinajstić information content (AvgIpc) is 3.89. The normalized spacial score (nSPS) is 34.2. The van der Waals surface area contributed by atoms with Crippen molar-refractivity contribution in [3.63, 3.8) is 0 Å². The fourth-order valence-corrected chi connectivity index (χ4v) is 12.6. The van der Waals surface area contributed by atoms with E-state index >= 15 is 0 Å². The number of Topliss-reactive ketones (excluding diaryl/α,β-unsaturated/α-hetero) is 1. The molecule has 12 N–H and O–H groups in total. The number of allylic oxidation sites excluding steroid dienone is 4. The van der Waals surface area contributed by atoms with Crippen molar-refractivity contribution >= 4 is 11.8 Å². The SMILES string of the molecule is C=C1CC[C@H](OCCOC(=O)CCCCN(C)CCCNCCCC(=O)[C@H](O)[C@@H](O)[C@H](O)[C@H](O)CO[C@H]2O[C@H](CO[C@H]3O[C@H](CO)[C@@H](O)[C@H](O)[C@H]3O)[C@@H](O)[C@H](O)[C@H]2O)C/C1=C\C=C1/CCC[C@@]2(C)C1CC[C@@H]2[C@H](C)CCCC(C)C. The molecule has 0 radical (unpaired) electrons. The van der Waals surface area contributed by atoms with E-state index in [2.05, 4.69) is 56.6 Å². The number of ketones is 1. The van der Waals surface area contributed by atoms with E-state index in [0.717, 1.165) is 62.9 Å². The number of carbonyl (C=O) groups excluding carboxylic acids is 2. The predicted molar refractivity (Wildman–Crippen MR) is 295 cm³/mol. The molecule has 1 unspecified atom stereocenters. The van der Waals surface area contributed by atoms with Crippen molar-refractivity contribution in [2.45, 2.75) is 229 Å². The number of unbranched alkanes of at least 4 members (excludes halogenated alkanes) is 1. The van der Waals surface area contributed by atoms with Gasteiger partial charge in [0.15, 0.2) is 18.4 Å². The highest BCUT2D eigenvalue weighted by molar-refractivity contribution is 5.83. The smallest absolute Gasteiger partial charge is 0.305 e. The second-order valence-corrected chi connectivity index (χ2v) is 24.2. The molecule has 462 valence electrons. The van der Waals surface area contributed by atoms with Gasteiger partial charge in [0, 0.05) is 12.8 Å². The summed E-state index contributed by atoms with van der Waals surface area (Å²) in [5.41, 5.74) is 4.53. The lowest BCUT2D eigenvalue weighted by Crippen LogP contribution is -2.62. The molecular formula is C59H102N2O19. The summed E-state index contributed by atoms with van der Waals surface area (Å²) in [6.07, 6.45) is -4.06. The third-order valence-corrected chi connectivity index (χ3v) is 17.6. The molecule has 2 saturated heterocycles. The number of rotatable bonds is 34. The number of nitrogens with zero attached hydrogens (tertiary/aromatic N) is 1. The van der Waals surface area contributed by atoms with Gasteiger partial charge in [-0.1, -0.05) is 76.8 Å². The summed E-state index contributed by atoms with van der Waals surface area (Å²) in [4.78, 5) is 27.3. The molecule has 5 fully saturated rings. The van der Waals surface area contributed by atoms with Gasteiger partial charge in [0.25, 0.3) is 0 Å². The molecule has 2 heterocycles. The van der Waals surface area contributed by atoms with Gasteiger partial charge in [0.05, 0.1) is 32.5 Å². The number of hydrogen-bond acceptors (Lipinski definition) is 21. The van der Waals surface area contributed by atoms with E-state index in [-0.39, 0.29) is 25.1 Å². The standard InChI is InChI=1S/C59H102N2O19/c1-35(2)13-9-14-37(4)41-22-23-42-38(15-10-24-59(41,42)5)19-20-39-31-40(21-18-36(39)3)75-29-30-76-47(65)17-7-8-27-61(6)28-12-26-60-25-11-16-43(63)48(66)52(70)49(67)44(64)33-77-57-56(74)54(72)51(69)46(80-57)34-78-58-55(73)53(71)50(68)45(32-62)79-58/h19-20,35,37,40-42,44-46,48-58,60,62,64,66-74H,3,7-18,21-34H2,1-2,4-6H3/b38-19+,39-20+/t37-,40+,41-,42?,44-,45-,46-,48+,49-,50-,51-,52-,53+,54+,55-,56-,57+,58+,59-/m1/s1. The Morgan fingerprint density at radius 1 is 0.762 bits per heavy atom. The monoisotopic (exact) mass is 1140 g/mol. The quantitative estimate of drug-likeness (QED) is 0.0322. The molecule has 3 aliphatic carbocycles. The molecule has 80 heavy (non-hydrogen) atoms. The molecule has 0 aromatic heterocycles. The average molecular weight is 1140 g/mol. The molecule has 0 aromatic rings. The van der Waals surface area contributed by atoms with Crippen LogP contribution in [0.2, 0.25) is 0 Å². The first kappa shape index (κ1) is 68.4. The van der Waals surface area contributed by atoms with Crippen LogP contribution in [0.15, 0.2) is 35.5 Å². The lowest BCUT2D eigenvalue weighted by molar-refractivity contribution is -0.333. The second-order valence-electron chi connectivity index (χ2n) is 24.2.